The third-order valence-corrected chi connectivity index (χ3v) is 4.84. The van der Waals surface area contributed by atoms with E-state index in [1.807, 2.05) is 0 Å². The van der Waals surface area contributed by atoms with Crippen LogP contribution in [0.15, 0.2) is 54.6 Å². The van der Waals surface area contributed by atoms with Gasteiger partial charge in [0, 0.05) is 24.8 Å². The highest BCUT2D eigenvalue weighted by Gasteiger charge is 2.30. The van der Waals surface area contributed by atoms with Gasteiger partial charge in [-0.05, 0) is 38.0 Å². The van der Waals surface area contributed by atoms with E-state index in [0.717, 1.165) is 25.2 Å². The number of aliphatic hydroxyl groups is 1. The van der Waals surface area contributed by atoms with Gasteiger partial charge in [-0.15, -0.1) is 0 Å². The zero-order valence-corrected chi connectivity index (χ0v) is 13.9. The van der Waals surface area contributed by atoms with Gasteiger partial charge in [0.25, 0.3) is 0 Å². The van der Waals surface area contributed by atoms with Crippen LogP contribution in [-0.4, -0.2) is 35.2 Å². The zero-order valence-electron chi connectivity index (χ0n) is 13.9. The predicted octanol–water partition coefficient (Wildman–Crippen LogP) is 3.60. The van der Waals surface area contributed by atoms with Crippen molar-refractivity contribution in [3.63, 3.8) is 0 Å². The lowest BCUT2D eigenvalue weighted by atomic mass is 9.98. The Morgan fingerprint density at radius 2 is 1.78 bits per heavy atom. The second-order valence-electron chi connectivity index (χ2n) is 6.55. The lowest BCUT2D eigenvalue weighted by Crippen LogP contribution is -2.50. The van der Waals surface area contributed by atoms with Crippen molar-refractivity contribution in [2.45, 2.75) is 38.5 Å². The molecule has 3 atom stereocenters. The lowest BCUT2D eigenvalue weighted by Gasteiger charge is -2.40. The molecule has 1 unspecified atom stereocenters. The van der Waals surface area contributed by atoms with Crippen LogP contribution in [-0.2, 0) is 0 Å². The monoisotopic (exact) mass is 310 g/mol. The molecule has 0 saturated carbocycles. The first kappa shape index (κ1) is 16.0. The SMILES string of the molecule is Cc1ccc(N[C@@H]2CN(C(C)c3ccccc3)CC[C@H]2O)cc1. The van der Waals surface area contributed by atoms with Crippen LogP contribution in [0.3, 0.4) is 0 Å². The van der Waals surface area contributed by atoms with E-state index in [-0.39, 0.29) is 12.1 Å². The van der Waals surface area contributed by atoms with Crippen molar-refractivity contribution < 1.29 is 5.11 Å². The van der Waals surface area contributed by atoms with Crippen molar-refractivity contribution >= 4 is 5.69 Å². The number of nitrogens with zero attached hydrogens (tertiary/aromatic N) is 1. The van der Waals surface area contributed by atoms with Gasteiger partial charge in [-0.25, -0.2) is 0 Å². The summed E-state index contributed by atoms with van der Waals surface area (Å²) < 4.78 is 0. The van der Waals surface area contributed by atoms with Crippen molar-refractivity contribution in [2.24, 2.45) is 0 Å². The molecule has 3 nitrogen and oxygen atoms in total. The molecule has 0 spiro atoms. The minimum Gasteiger partial charge on any atom is -0.391 e. The molecule has 2 aromatic rings. The molecule has 1 aliphatic heterocycles. The number of aryl methyl sites for hydroxylation is 1. The molecule has 3 heteroatoms. The molecule has 2 N–H and O–H groups in total. The molecule has 3 rings (SSSR count). The topological polar surface area (TPSA) is 35.5 Å². The summed E-state index contributed by atoms with van der Waals surface area (Å²) in [5.74, 6) is 0. The molecule has 1 heterocycles. The minimum atomic E-state index is -0.296. The Labute approximate surface area is 139 Å². The predicted molar refractivity (Wildman–Crippen MR) is 95.6 cm³/mol. The van der Waals surface area contributed by atoms with Gasteiger partial charge in [-0.2, -0.15) is 0 Å². The van der Waals surface area contributed by atoms with Gasteiger partial charge in [-0.3, -0.25) is 4.90 Å². The van der Waals surface area contributed by atoms with Gasteiger partial charge < -0.3 is 10.4 Å². The molecule has 2 aromatic carbocycles. The molecule has 1 aliphatic rings. The quantitative estimate of drug-likeness (QED) is 0.905. The molecule has 0 aromatic heterocycles. The molecule has 0 bridgehead atoms. The van der Waals surface area contributed by atoms with Crippen molar-refractivity contribution in [3.8, 4) is 0 Å². The average molecular weight is 310 g/mol. The van der Waals surface area contributed by atoms with E-state index < -0.39 is 0 Å². The second kappa shape index (κ2) is 7.16. The van der Waals surface area contributed by atoms with Gasteiger partial charge in [0.15, 0.2) is 0 Å². The minimum absolute atomic E-state index is 0.0672. The summed E-state index contributed by atoms with van der Waals surface area (Å²) in [5.41, 5.74) is 3.66. The van der Waals surface area contributed by atoms with Crippen LogP contribution in [0.1, 0.15) is 30.5 Å². The normalized spacial score (nSPS) is 23.4. The third kappa shape index (κ3) is 3.92. The van der Waals surface area contributed by atoms with E-state index in [2.05, 4.69) is 78.7 Å². The van der Waals surface area contributed by atoms with E-state index in [1.54, 1.807) is 0 Å². The first-order chi connectivity index (χ1) is 11.1. The maximum atomic E-state index is 10.4. The van der Waals surface area contributed by atoms with Crippen LogP contribution >= 0.6 is 0 Å². The fourth-order valence-electron chi connectivity index (χ4n) is 3.26. The first-order valence-corrected chi connectivity index (χ1v) is 8.44. The molecule has 1 fully saturated rings. The summed E-state index contributed by atoms with van der Waals surface area (Å²) >= 11 is 0. The number of hydrogen-bond donors (Lipinski definition) is 2. The van der Waals surface area contributed by atoms with E-state index >= 15 is 0 Å². The molecule has 122 valence electrons. The van der Waals surface area contributed by atoms with Crippen LogP contribution in [0.2, 0.25) is 0 Å². The molecule has 0 aliphatic carbocycles. The summed E-state index contributed by atoms with van der Waals surface area (Å²) in [6, 6.07) is 19.4. The van der Waals surface area contributed by atoms with Crippen molar-refractivity contribution in [2.75, 3.05) is 18.4 Å². The molecule has 1 saturated heterocycles. The Morgan fingerprint density at radius 3 is 2.48 bits per heavy atom. The van der Waals surface area contributed by atoms with Gasteiger partial charge in [-0.1, -0.05) is 48.0 Å². The number of piperidine rings is 1. The summed E-state index contributed by atoms with van der Waals surface area (Å²) in [7, 11) is 0. The van der Waals surface area contributed by atoms with Crippen molar-refractivity contribution in [1.29, 1.82) is 0 Å². The van der Waals surface area contributed by atoms with Crippen LogP contribution in [0.25, 0.3) is 0 Å². The maximum absolute atomic E-state index is 10.4. The summed E-state index contributed by atoms with van der Waals surface area (Å²) in [6.45, 7) is 6.12. The van der Waals surface area contributed by atoms with E-state index in [9.17, 15) is 5.11 Å². The smallest absolute Gasteiger partial charge is 0.0765 e. The molecule has 0 radical (unpaired) electrons. The highest BCUT2D eigenvalue weighted by Crippen LogP contribution is 2.25. The van der Waals surface area contributed by atoms with Crippen molar-refractivity contribution in [1.82, 2.24) is 4.90 Å². The lowest BCUT2D eigenvalue weighted by molar-refractivity contribution is 0.0527. The van der Waals surface area contributed by atoms with Crippen LogP contribution in [0.4, 0.5) is 5.69 Å². The number of hydrogen-bond acceptors (Lipinski definition) is 3. The Bertz CT molecular complexity index is 611. The number of nitrogens with one attached hydrogen (secondary N) is 1. The summed E-state index contributed by atoms with van der Waals surface area (Å²) in [4.78, 5) is 2.45. The third-order valence-electron chi connectivity index (χ3n) is 4.84. The molecule has 23 heavy (non-hydrogen) atoms. The van der Waals surface area contributed by atoms with Crippen molar-refractivity contribution in [3.05, 3.63) is 65.7 Å². The Balaban J connectivity index is 1.68. The fraction of sp³-hybridized carbons (Fsp3) is 0.400. The van der Waals surface area contributed by atoms with Gasteiger partial charge in [0.2, 0.25) is 0 Å². The summed E-state index contributed by atoms with van der Waals surface area (Å²) in [6.07, 6.45) is 0.510. The summed E-state index contributed by atoms with van der Waals surface area (Å²) in [5, 5.41) is 13.9. The average Bonchev–Trinajstić information content (AvgIpc) is 2.59. The Hall–Kier alpha value is -1.84. The highest BCUT2D eigenvalue weighted by atomic mass is 16.3. The molecular weight excluding hydrogens is 284 g/mol. The van der Waals surface area contributed by atoms with E-state index in [4.69, 9.17) is 0 Å². The largest absolute Gasteiger partial charge is 0.391 e. The van der Waals surface area contributed by atoms with Crippen LogP contribution < -0.4 is 5.32 Å². The zero-order chi connectivity index (χ0) is 16.2. The number of rotatable bonds is 4. The van der Waals surface area contributed by atoms with Gasteiger partial charge >= 0.3 is 0 Å². The fourth-order valence-corrected chi connectivity index (χ4v) is 3.26. The number of aliphatic hydroxyl groups excluding tert-OH is 1. The Kier molecular flexibility index (Phi) is 4.99. The Morgan fingerprint density at radius 1 is 1.09 bits per heavy atom. The molecule has 0 amide bonds. The highest BCUT2D eigenvalue weighted by molar-refractivity contribution is 5.45. The van der Waals surface area contributed by atoms with Crippen LogP contribution in [0.5, 0.6) is 0 Å². The number of likely N-dealkylation sites (tertiary alicyclic amines) is 1. The molecular formula is C20H26N2O. The standard InChI is InChI=1S/C20H26N2O/c1-15-8-10-18(11-9-15)21-19-14-22(13-12-20(19)23)16(2)17-6-4-3-5-7-17/h3-11,16,19-21,23H,12-14H2,1-2H3/t16?,19-,20-/m1/s1. The van der Waals surface area contributed by atoms with E-state index in [1.165, 1.54) is 11.1 Å². The second-order valence-corrected chi connectivity index (χ2v) is 6.55. The first-order valence-electron chi connectivity index (χ1n) is 8.44. The maximum Gasteiger partial charge on any atom is 0.0765 e. The number of benzene rings is 2. The van der Waals surface area contributed by atoms with E-state index in [0.29, 0.717) is 6.04 Å². The van der Waals surface area contributed by atoms with Gasteiger partial charge in [0.1, 0.15) is 0 Å². The number of anilines is 1. The van der Waals surface area contributed by atoms with Crippen LogP contribution in [0, 0.1) is 6.92 Å². The van der Waals surface area contributed by atoms with Gasteiger partial charge in [0.05, 0.1) is 12.1 Å².